The first-order valence-electron chi connectivity index (χ1n) is 8.77. The molecule has 1 aromatic carbocycles. The zero-order valence-corrected chi connectivity index (χ0v) is 16.7. The van der Waals surface area contributed by atoms with Gasteiger partial charge in [0, 0.05) is 12.0 Å². The molecule has 2 aromatic rings. The molecule has 0 bridgehead atoms. The molecule has 2 fully saturated rings. The molecule has 2 aliphatic rings. The third kappa shape index (κ3) is 4.60. The number of nitrogens with one attached hydrogen (secondary N) is 1. The second-order valence-electron chi connectivity index (χ2n) is 6.23. The second kappa shape index (κ2) is 8.66. The number of carbonyl (C=O) groups excluding carboxylic acids is 3. The summed E-state index contributed by atoms with van der Waals surface area (Å²) in [5.41, 5.74) is 0.565. The first-order valence-corrected chi connectivity index (χ1v) is 10.6. The van der Waals surface area contributed by atoms with Gasteiger partial charge in [0.15, 0.2) is 11.0 Å². The minimum Gasteiger partial charge on any atom is -0.467 e. The van der Waals surface area contributed by atoms with Crippen molar-refractivity contribution in [3.8, 4) is 0 Å². The fourth-order valence-electron chi connectivity index (χ4n) is 2.81. The molecule has 2 saturated heterocycles. The number of carbonyl (C=O) groups is 3. The lowest BCUT2D eigenvalue weighted by Gasteiger charge is -2.14. The van der Waals surface area contributed by atoms with Gasteiger partial charge in [-0.1, -0.05) is 53.9 Å². The van der Waals surface area contributed by atoms with E-state index >= 15 is 0 Å². The number of hydrogen-bond donors (Lipinski definition) is 1. The van der Waals surface area contributed by atoms with Crippen LogP contribution in [0.2, 0.25) is 0 Å². The zero-order valence-electron chi connectivity index (χ0n) is 15.1. The second-order valence-corrected chi connectivity index (χ2v) is 8.35. The van der Waals surface area contributed by atoms with Crippen LogP contribution in [-0.2, 0) is 11.3 Å². The van der Waals surface area contributed by atoms with E-state index in [1.807, 2.05) is 6.07 Å². The Hall–Kier alpha value is -2.85. The number of Topliss-reactive ketones (excluding diaryl/α,β-unsaturated/α-hetero) is 1. The van der Waals surface area contributed by atoms with Crippen molar-refractivity contribution >= 4 is 51.5 Å². The fourth-order valence-corrected chi connectivity index (χ4v) is 4.49. The summed E-state index contributed by atoms with van der Waals surface area (Å²) in [7, 11) is 0. The predicted molar refractivity (Wildman–Crippen MR) is 112 cm³/mol. The van der Waals surface area contributed by atoms with Gasteiger partial charge in [0.25, 0.3) is 5.24 Å². The molecule has 10 heteroatoms. The summed E-state index contributed by atoms with van der Waals surface area (Å²) < 4.78 is 5.35. The molecule has 1 unspecified atom stereocenters. The third-order valence-corrected chi connectivity index (χ3v) is 6.17. The number of benzene rings is 1. The highest BCUT2D eigenvalue weighted by Gasteiger charge is 2.40. The van der Waals surface area contributed by atoms with Crippen LogP contribution >= 0.6 is 23.5 Å². The minimum atomic E-state index is -0.593. The number of hydrogen-bond acceptors (Lipinski definition) is 8. The molecule has 8 nitrogen and oxygen atoms in total. The SMILES string of the molecule is O=C1NC(=NN=C2SC(CC(=O)c3ccccc3)C(=O)N2Cc2ccco2)CS1. The van der Waals surface area contributed by atoms with Gasteiger partial charge in [-0.05, 0) is 12.1 Å². The van der Waals surface area contributed by atoms with E-state index in [1.54, 1.807) is 36.4 Å². The number of furan rings is 1. The molecule has 0 aliphatic carbocycles. The van der Waals surface area contributed by atoms with Crippen molar-refractivity contribution < 1.29 is 18.8 Å². The molecule has 1 N–H and O–H groups in total. The summed E-state index contributed by atoms with van der Waals surface area (Å²) in [4.78, 5) is 38.3. The Kier molecular flexibility index (Phi) is 5.81. The average molecular weight is 428 g/mol. The molecule has 148 valence electrons. The molecular weight excluding hydrogens is 412 g/mol. The maximum Gasteiger partial charge on any atom is 0.284 e. The van der Waals surface area contributed by atoms with Crippen molar-refractivity contribution in [3.05, 3.63) is 60.1 Å². The largest absolute Gasteiger partial charge is 0.467 e. The molecule has 0 spiro atoms. The van der Waals surface area contributed by atoms with Crippen LogP contribution in [0.15, 0.2) is 63.3 Å². The molecule has 0 radical (unpaired) electrons. The first kappa shape index (κ1) is 19.5. The van der Waals surface area contributed by atoms with E-state index in [-0.39, 0.29) is 29.9 Å². The minimum absolute atomic E-state index is 0.0599. The molecule has 4 rings (SSSR count). The lowest BCUT2D eigenvalue weighted by molar-refractivity contribution is -0.126. The van der Waals surface area contributed by atoms with E-state index in [4.69, 9.17) is 4.42 Å². The Morgan fingerprint density at radius 3 is 2.69 bits per heavy atom. The predicted octanol–water partition coefficient (Wildman–Crippen LogP) is 3.12. The molecule has 0 saturated carbocycles. The molecule has 29 heavy (non-hydrogen) atoms. The van der Waals surface area contributed by atoms with Gasteiger partial charge >= 0.3 is 0 Å². The summed E-state index contributed by atoms with van der Waals surface area (Å²) in [6, 6.07) is 12.4. The summed E-state index contributed by atoms with van der Waals surface area (Å²) in [6.07, 6.45) is 1.59. The maximum absolute atomic E-state index is 13.0. The van der Waals surface area contributed by atoms with Crippen LogP contribution in [0.5, 0.6) is 0 Å². The zero-order chi connectivity index (χ0) is 20.2. The number of amides is 2. The quantitative estimate of drug-likeness (QED) is 0.560. The standard InChI is InChI=1S/C19H16N4O4S2/c24-14(12-5-2-1-3-6-12)9-15-17(25)23(10-13-7-4-8-27-13)18(29-15)22-21-16-11-28-19(26)20-16/h1-8,15H,9-11H2,(H,20,21,26). The number of ketones is 1. The Morgan fingerprint density at radius 2 is 2.00 bits per heavy atom. The number of nitrogens with zero attached hydrogens (tertiary/aromatic N) is 3. The summed E-state index contributed by atoms with van der Waals surface area (Å²) in [5, 5.41) is 10.4. The molecule has 2 amide bonds. The van der Waals surface area contributed by atoms with Crippen LogP contribution in [0.4, 0.5) is 4.79 Å². The molecular formula is C19H16N4O4S2. The van der Waals surface area contributed by atoms with Crippen molar-refractivity contribution in [3.63, 3.8) is 0 Å². The van der Waals surface area contributed by atoms with Gasteiger partial charge in [0.05, 0.1) is 23.8 Å². The average Bonchev–Trinajstić information content (AvgIpc) is 3.45. The van der Waals surface area contributed by atoms with E-state index in [0.29, 0.717) is 28.1 Å². The summed E-state index contributed by atoms with van der Waals surface area (Å²) >= 11 is 2.30. The molecule has 2 aliphatic heterocycles. The smallest absolute Gasteiger partial charge is 0.284 e. The van der Waals surface area contributed by atoms with Crippen molar-refractivity contribution in [1.82, 2.24) is 10.2 Å². The van der Waals surface area contributed by atoms with Gasteiger partial charge in [-0.2, -0.15) is 0 Å². The highest BCUT2D eigenvalue weighted by molar-refractivity contribution is 8.15. The van der Waals surface area contributed by atoms with Crippen molar-refractivity contribution in [2.45, 2.75) is 18.2 Å². The van der Waals surface area contributed by atoms with Gasteiger partial charge in [-0.3, -0.25) is 19.3 Å². The topological polar surface area (TPSA) is 104 Å². The third-order valence-electron chi connectivity index (χ3n) is 4.22. The normalized spacial score (nSPS) is 21.9. The van der Waals surface area contributed by atoms with E-state index in [1.165, 1.54) is 22.9 Å². The van der Waals surface area contributed by atoms with Crippen LogP contribution in [0.3, 0.4) is 0 Å². The number of thioether (sulfide) groups is 2. The number of amidine groups is 2. The van der Waals surface area contributed by atoms with E-state index in [0.717, 1.165) is 11.8 Å². The van der Waals surface area contributed by atoms with Crippen LogP contribution < -0.4 is 5.32 Å². The van der Waals surface area contributed by atoms with Crippen molar-refractivity contribution in [2.24, 2.45) is 10.2 Å². The van der Waals surface area contributed by atoms with Crippen LogP contribution in [0.25, 0.3) is 0 Å². The summed E-state index contributed by atoms with van der Waals surface area (Å²) in [6.45, 7) is 0.194. The van der Waals surface area contributed by atoms with E-state index in [2.05, 4.69) is 15.5 Å². The van der Waals surface area contributed by atoms with Gasteiger partial charge in [-0.25, -0.2) is 0 Å². The fraction of sp³-hybridized carbons (Fsp3) is 0.211. The van der Waals surface area contributed by atoms with Gasteiger partial charge in [0.2, 0.25) is 5.91 Å². The lowest BCUT2D eigenvalue weighted by atomic mass is 10.1. The lowest BCUT2D eigenvalue weighted by Crippen LogP contribution is -2.32. The molecule has 1 aromatic heterocycles. The Morgan fingerprint density at radius 1 is 1.17 bits per heavy atom. The molecule has 3 heterocycles. The Bertz CT molecular complexity index is 989. The summed E-state index contributed by atoms with van der Waals surface area (Å²) in [5.74, 6) is 1.10. The maximum atomic E-state index is 13.0. The van der Waals surface area contributed by atoms with Crippen molar-refractivity contribution in [2.75, 3.05) is 5.75 Å². The Balaban J connectivity index is 1.54. The van der Waals surface area contributed by atoms with Crippen LogP contribution in [0.1, 0.15) is 22.5 Å². The van der Waals surface area contributed by atoms with E-state index < -0.39 is 5.25 Å². The van der Waals surface area contributed by atoms with Gasteiger partial charge in [0.1, 0.15) is 11.6 Å². The highest BCUT2D eigenvalue weighted by atomic mass is 32.2. The van der Waals surface area contributed by atoms with Crippen LogP contribution in [0, 0.1) is 0 Å². The molecule has 1 atom stereocenters. The van der Waals surface area contributed by atoms with Gasteiger partial charge < -0.3 is 9.73 Å². The monoisotopic (exact) mass is 428 g/mol. The Labute approximate surface area is 174 Å². The number of rotatable bonds is 6. The highest BCUT2D eigenvalue weighted by Crippen LogP contribution is 2.32. The van der Waals surface area contributed by atoms with Gasteiger partial charge in [-0.15, -0.1) is 10.2 Å². The van der Waals surface area contributed by atoms with E-state index in [9.17, 15) is 14.4 Å². The first-order chi connectivity index (χ1) is 14.1. The van der Waals surface area contributed by atoms with Crippen LogP contribution in [-0.4, -0.2) is 43.8 Å². The van der Waals surface area contributed by atoms with Crippen molar-refractivity contribution in [1.29, 1.82) is 0 Å².